The van der Waals surface area contributed by atoms with Gasteiger partial charge in [-0.25, -0.2) is 9.18 Å². The van der Waals surface area contributed by atoms with Crippen LogP contribution < -0.4 is 5.32 Å². The van der Waals surface area contributed by atoms with Crippen LogP contribution in [-0.4, -0.2) is 34.7 Å². The van der Waals surface area contributed by atoms with Crippen molar-refractivity contribution >= 4 is 23.3 Å². The third-order valence-electron chi connectivity index (χ3n) is 3.69. The van der Waals surface area contributed by atoms with Crippen molar-refractivity contribution in [1.82, 2.24) is 15.0 Å². The molecule has 1 aromatic heterocycles. The summed E-state index contributed by atoms with van der Waals surface area (Å²) in [5, 5.41) is 7.05. The van der Waals surface area contributed by atoms with Gasteiger partial charge in [-0.3, -0.25) is 0 Å². The monoisotopic (exact) mass is 374 g/mol. The number of aromatic nitrogens is 2. The lowest BCUT2D eigenvalue weighted by atomic mass is 10.2. The number of rotatable bonds is 5. The zero-order chi connectivity index (χ0) is 18.5. The second-order valence-corrected chi connectivity index (χ2v) is 6.04. The SMILES string of the molecule is CN(CCc1noc(-c2ccc(Cl)cc2)n1)C(=O)Nc1ccccc1F. The van der Waals surface area contributed by atoms with Gasteiger partial charge in [0, 0.05) is 30.6 Å². The molecule has 0 saturated heterocycles. The summed E-state index contributed by atoms with van der Waals surface area (Å²) >= 11 is 5.85. The maximum atomic E-state index is 13.6. The van der Waals surface area contributed by atoms with Crippen LogP contribution in [0, 0.1) is 5.82 Å². The van der Waals surface area contributed by atoms with Crippen molar-refractivity contribution in [3.63, 3.8) is 0 Å². The Balaban J connectivity index is 1.56. The molecule has 1 heterocycles. The van der Waals surface area contributed by atoms with Gasteiger partial charge in [0.1, 0.15) is 5.82 Å². The molecule has 0 radical (unpaired) electrons. The van der Waals surface area contributed by atoms with Crippen molar-refractivity contribution in [2.75, 3.05) is 18.9 Å². The van der Waals surface area contributed by atoms with E-state index in [-0.39, 0.29) is 5.69 Å². The number of hydrogen-bond donors (Lipinski definition) is 1. The highest BCUT2D eigenvalue weighted by molar-refractivity contribution is 6.30. The van der Waals surface area contributed by atoms with Crippen molar-refractivity contribution in [2.24, 2.45) is 0 Å². The smallest absolute Gasteiger partial charge is 0.321 e. The van der Waals surface area contributed by atoms with Crippen LogP contribution in [0.15, 0.2) is 53.1 Å². The third-order valence-corrected chi connectivity index (χ3v) is 3.94. The fraction of sp³-hybridized carbons (Fsp3) is 0.167. The van der Waals surface area contributed by atoms with Gasteiger partial charge in [-0.05, 0) is 36.4 Å². The molecule has 6 nitrogen and oxygen atoms in total. The van der Waals surface area contributed by atoms with Crippen molar-refractivity contribution in [3.8, 4) is 11.5 Å². The van der Waals surface area contributed by atoms with Crippen LogP contribution in [0.4, 0.5) is 14.9 Å². The Hall–Kier alpha value is -2.93. The van der Waals surface area contributed by atoms with Crippen molar-refractivity contribution in [2.45, 2.75) is 6.42 Å². The quantitative estimate of drug-likeness (QED) is 0.725. The Bertz CT molecular complexity index is 898. The lowest BCUT2D eigenvalue weighted by Gasteiger charge is -2.17. The van der Waals surface area contributed by atoms with Crippen LogP contribution in [0.5, 0.6) is 0 Å². The van der Waals surface area contributed by atoms with Crippen LogP contribution >= 0.6 is 11.6 Å². The number of carbonyl (C=O) groups excluding carboxylic acids is 1. The van der Waals surface area contributed by atoms with E-state index >= 15 is 0 Å². The number of nitrogens with one attached hydrogen (secondary N) is 1. The summed E-state index contributed by atoms with van der Waals surface area (Å²) in [6.45, 7) is 0.347. The average Bonchev–Trinajstić information content (AvgIpc) is 3.11. The van der Waals surface area contributed by atoms with Crippen molar-refractivity contribution in [1.29, 1.82) is 0 Å². The third kappa shape index (κ3) is 4.37. The molecule has 0 fully saturated rings. The molecule has 0 aliphatic heterocycles. The molecule has 134 valence electrons. The zero-order valence-electron chi connectivity index (χ0n) is 13.9. The summed E-state index contributed by atoms with van der Waals surface area (Å²) in [6, 6.07) is 12.6. The van der Waals surface area contributed by atoms with Crippen molar-refractivity contribution < 1.29 is 13.7 Å². The normalized spacial score (nSPS) is 10.6. The lowest BCUT2D eigenvalue weighted by molar-refractivity contribution is 0.222. The molecule has 0 bridgehead atoms. The first-order chi connectivity index (χ1) is 12.5. The lowest BCUT2D eigenvalue weighted by Crippen LogP contribution is -2.33. The van der Waals surface area contributed by atoms with Gasteiger partial charge in [-0.1, -0.05) is 28.9 Å². The summed E-state index contributed by atoms with van der Waals surface area (Å²) in [6.07, 6.45) is 0.401. The fourth-order valence-electron chi connectivity index (χ4n) is 2.21. The molecule has 2 aromatic carbocycles. The Morgan fingerprint density at radius 1 is 1.23 bits per heavy atom. The number of amides is 2. The minimum absolute atomic E-state index is 0.133. The van der Waals surface area contributed by atoms with E-state index in [0.717, 1.165) is 5.56 Å². The van der Waals surface area contributed by atoms with Gasteiger partial charge >= 0.3 is 6.03 Å². The predicted molar refractivity (Wildman–Crippen MR) is 96.5 cm³/mol. The van der Waals surface area contributed by atoms with Crippen LogP contribution in [0.2, 0.25) is 5.02 Å². The molecule has 0 aliphatic rings. The number of para-hydroxylation sites is 1. The maximum absolute atomic E-state index is 13.6. The van der Waals surface area contributed by atoms with Crippen molar-refractivity contribution in [3.05, 3.63) is 65.2 Å². The minimum Gasteiger partial charge on any atom is -0.334 e. The molecule has 0 aliphatic carbocycles. The highest BCUT2D eigenvalue weighted by atomic mass is 35.5. The second-order valence-electron chi connectivity index (χ2n) is 5.60. The molecule has 2 amide bonds. The molecule has 0 unspecified atom stereocenters. The summed E-state index contributed by atoms with van der Waals surface area (Å²) in [4.78, 5) is 17.8. The Kier molecular flexibility index (Phi) is 5.48. The number of anilines is 1. The summed E-state index contributed by atoms with van der Waals surface area (Å²) in [5.74, 6) is 0.371. The van der Waals surface area contributed by atoms with Crippen LogP contribution in [0.3, 0.4) is 0 Å². The number of urea groups is 1. The number of benzene rings is 2. The van der Waals surface area contributed by atoms with Gasteiger partial charge in [0.05, 0.1) is 5.69 Å². The predicted octanol–water partition coefficient (Wildman–Crippen LogP) is 4.24. The van der Waals surface area contributed by atoms with Gasteiger partial charge in [-0.15, -0.1) is 0 Å². The Morgan fingerprint density at radius 3 is 2.69 bits per heavy atom. The van der Waals surface area contributed by atoms with Gasteiger partial charge < -0.3 is 14.7 Å². The first kappa shape index (κ1) is 17.9. The van der Waals surface area contributed by atoms with Gasteiger partial charge in [0.25, 0.3) is 5.89 Å². The summed E-state index contributed by atoms with van der Waals surface area (Å²) in [5.41, 5.74) is 0.896. The molecule has 3 aromatic rings. The number of likely N-dealkylation sites (N-methyl/N-ethyl adjacent to an activating group) is 1. The highest BCUT2D eigenvalue weighted by Gasteiger charge is 2.14. The second kappa shape index (κ2) is 7.97. The van der Waals surface area contributed by atoms with Crippen LogP contribution in [-0.2, 0) is 6.42 Å². The molecule has 0 spiro atoms. The van der Waals surface area contributed by atoms with E-state index in [1.165, 1.54) is 17.0 Å². The Morgan fingerprint density at radius 2 is 1.96 bits per heavy atom. The first-order valence-electron chi connectivity index (χ1n) is 7.88. The number of nitrogens with zero attached hydrogens (tertiary/aromatic N) is 3. The number of carbonyl (C=O) groups is 1. The molecule has 0 saturated carbocycles. The molecule has 26 heavy (non-hydrogen) atoms. The van der Waals surface area contributed by atoms with E-state index in [1.807, 2.05) is 0 Å². The molecular formula is C18H16ClFN4O2. The van der Waals surface area contributed by atoms with E-state index in [9.17, 15) is 9.18 Å². The van der Waals surface area contributed by atoms with E-state index in [2.05, 4.69) is 15.5 Å². The minimum atomic E-state index is -0.486. The number of halogens is 2. The molecule has 1 N–H and O–H groups in total. The van der Waals surface area contributed by atoms with Gasteiger partial charge in [0.15, 0.2) is 5.82 Å². The highest BCUT2D eigenvalue weighted by Crippen LogP contribution is 2.20. The molecule has 3 rings (SSSR count). The largest absolute Gasteiger partial charge is 0.334 e. The maximum Gasteiger partial charge on any atom is 0.321 e. The summed E-state index contributed by atoms with van der Waals surface area (Å²) < 4.78 is 18.8. The van der Waals surface area contributed by atoms with Crippen LogP contribution in [0.25, 0.3) is 11.5 Å². The molecule has 8 heteroatoms. The topological polar surface area (TPSA) is 71.3 Å². The molecular weight excluding hydrogens is 359 g/mol. The average molecular weight is 375 g/mol. The zero-order valence-corrected chi connectivity index (χ0v) is 14.7. The van der Waals surface area contributed by atoms with E-state index < -0.39 is 11.8 Å². The summed E-state index contributed by atoms with van der Waals surface area (Å²) in [7, 11) is 1.61. The molecule has 0 atom stereocenters. The first-order valence-corrected chi connectivity index (χ1v) is 8.26. The van der Waals surface area contributed by atoms with E-state index in [4.69, 9.17) is 16.1 Å². The van der Waals surface area contributed by atoms with E-state index in [1.54, 1.807) is 43.4 Å². The standard InChI is InChI=1S/C18H16ClFN4O2/c1-24(18(25)21-15-5-3-2-4-14(15)20)11-10-16-22-17(26-23-16)12-6-8-13(19)9-7-12/h2-9H,10-11H2,1H3,(H,21,25). The Labute approximate surface area is 154 Å². The fourth-order valence-corrected chi connectivity index (χ4v) is 2.33. The van der Waals surface area contributed by atoms with Gasteiger partial charge in [0.2, 0.25) is 0 Å². The van der Waals surface area contributed by atoms with Gasteiger partial charge in [-0.2, -0.15) is 4.98 Å². The van der Waals surface area contributed by atoms with E-state index in [0.29, 0.717) is 29.7 Å². The number of hydrogen-bond acceptors (Lipinski definition) is 4. The van der Waals surface area contributed by atoms with Crippen LogP contribution in [0.1, 0.15) is 5.82 Å².